The molecule has 0 aliphatic heterocycles. The zero-order chi connectivity index (χ0) is 13.0. The summed E-state index contributed by atoms with van der Waals surface area (Å²) in [7, 11) is 0. The van der Waals surface area contributed by atoms with Crippen LogP contribution in [0, 0.1) is 6.92 Å². The van der Waals surface area contributed by atoms with Gasteiger partial charge in [-0.3, -0.25) is 14.3 Å². The maximum Gasteiger partial charge on any atom is 0.330 e. The average Bonchev–Trinajstić information content (AvgIpc) is 2.25. The number of nitrogens with zero attached hydrogens (tertiary/aromatic N) is 1. The number of nitrogens with one attached hydrogen (secondary N) is 1. The summed E-state index contributed by atoms with van der Waals surface area (Å²) in [4.78, 5) is 25.0. The van der Waals surface area contributed by atoms with Crippen molar-refractivity contribution >= 4 is 0 Å². The molecule has 1 atom stereocenters. The molecule has 1 unspecified atom stereocenters. The normalized spacial score (nSPS) is 12.4. The maximum absolute atomic E-state index is 11.6. The number of ether oxygens (including phenoxy) is 1. The van der Waals surface area contributed by atoms with Crippen LogP contribution in [0.3, 0.4) is 0 Å². The first-order valence-electron chi connectivity index (χ1n) is 5.17. The van der Waals surface area contributed by atoms with Gasteiger partial charge in [0.1, 0.15) is 0 Å². The third-order valence-electron chi connectivity index (χ3n) is 2.19. The Balaban J connectivity index is 3.19. The Morgan fingerprint density at radius 3 is 2.82 bits per heavy atom. The van der Waals surface area contributed by atoms with Crippen LogP contribution in [-0.4, -0.2) is 27.9 Å². The summed E-state index contributed by atoms with van der Waals surface area (Å²) in [6.07, 6.45) is 0.725. The molecule has 1 heterocycles. The molecule has 0 fully saturated rings. The monoisotopic (exact) mass is 240 g/mol. The zero-order valence-corrected chi connectivity index (χ0v) is 9.90. The summed E-state index contributed by atoms with van der Waals surface area (Å²) >= 11 is 0. The van der Waals surface area contributed by atoms with Crippen LogP contribution in [0.4, 0.5) is 0 Å². The number of aliphatic hydroxyl groups is 1. The van der Waals surface area contributed by atoms with Crippen molar-refractivity contribution in [2.45, 2.75) is 20.1 Å². The fourth-order valence-electron chi connectivity index (χ4n) is 1.38. The number of aliphatic hydroxyl groups excluding tert-OH is 1. The molecular formula is C11H16N2O4. The van der Waals surface area contributed by atoms with Crippen molar-refractivity contribution in [3.05, 3.63) is 44.8 Å². The van der Waals surface area contributed by atoms with Crippen LogP contribution < -0.4 is 11.2 Å². The Labute approximate surface area is 98.2 Å². The van der Waals surface area contributed by atoms with E-state index in [4.69, 9.17) is 9.84 Å². The van der Waals surface area contributed by atoms with Crippen LogP contribution >= 0.6 is 0 Å². The number of H-pyrrole nitrogens is 1. The largest absolute Gasteiger partial charge is 0.394 e. The van der Waals surface area contributed by atoms with Crippen molar-refractivity contribution in [1.82, 2.24) is 9.55 Å². The highest BCUT2D eigenvalue weighted by molar-refractivity contribution is 5.05. The molecule has 0 saturated carbocycles. The van der Waals surface area contributed by atoms with E-state index in [9.17, 15) is 9.59 Å². The molecule has 1 aromatic rings. The van der Waals surface area contributed by atoms with Gasteiger partial charge in [0.05, 0.1) is 13.2 Å². The van der Waals surface area contributed by atoms with Crippen LogP contribution in [0.1, 0.15) is 18.7 Å². The lowest BCUT2D eigenvalue weighted by Crippen LogP contribution is -2.34. The maximum atomic E-state index is 11.6. The quantitative estimate of drug-likeness (QED) is 0.705. The van der Waals surface area contributed by atoms with Gasteiger partial charge in [0, 0.05) is 11.8 Å². The van der Waals surface area contributed by atoms with Crippen LogP contribution in [0.2, 0.25) is 0 Å². The minimum Gasteiger partial charge on any atom is -0.394 e. The zero-order valence-electron chi connectivity index (χ0n) is 9.90. The summed E-state index contributed by atoms with van der Waals surface area (Å²) in [5.74, 6) is 0. The molecule has 0 saturated heterocycles. The molecule has 0 radical (unpaired) electrons. The van der Waals surface area contributed by atoms with Crippen molar-refractivity contribution in [1.29, 1.82) is 0 Å². The van der Waals surface area contributed by atoms with E-state index in [-0.39, 0.29) is 13.2 Å². The lowest BCUT2D eigenvalue weighted by atomic mass is 10.3. The van der Waals surface area contributed by atoms with Crippen molar-refractivity contribution in [2.24, 2.45) is 0 Å². The molecule has 0 aliphatic carbocycles. The van der Waals surface area contributed by atoms with Crippen LogP contribution in [0.15, 0.2) is 27.9 Å². The number of hydrogen-bond donors (Lipinski definition) is 2. The molecule has 1 aromatic heterocycles. The molecule has 2 N–H and O–H groups in total. The van der Waals surface area contributed by atoms with Crippen LogP contribution in [0.25, 0.3) is 0 Å². The van der Waals surface area contributed by atoms with Gasteiger partial charge in [-0.2, -0.15) is 0 Å². The van der Waals surface area contributed by atoms with Gasteiger partial charge >= 0.3 is 5.69 Å². The summed E-state index contributed by atoms with van der Waals surface area (Å²) in [5, 5.41) is 8.71. The van der Waals surface area contributed by atoms with Gasteiger partial charge in [-0.1, -0.05) is 6.58 Å². The minimum atomic E-state index is -0.690. The van der Waals surface area contributed by atoms with E-state index in [2.05, 4.69) is 11.6 Å². The predicted octanol–water partition coefficient (Wildman–Crippen LogP) is -0.0714. The highest BCUT2D eigenvalue weighted by Gasteiger charge is 2.14. The number of hydrogen-bond acceptors (Lipinski definition) is 4. The summed E-state index contributed by atoms with van der Waals surface area (Å²) in [6, 6.07) is 0. The van der Waals surface area contributed by atoms with Crippen molar-refractivity contribution in [2.75, 3.05) is 13.2 Å². The summed E-state index contributed by atoms with van der Waals surface area (Å²) in [6.45, 7) is 6.95. The highest BCUT2D eigenvalue weighted by Crippen LogP contribution is 2.14. The third kappa shape index (κ3) is 3.15. The van der Waals surface area contributed by atoms with Gasteiger partial charge in [-0.15, -0.1) is 0 Å². The SMILES string of the molecule is C=C(C)C(OCCO)n1cc(C)c(=O)[nH]c1=O. The first-order chi connectivity index (χ1) is 7.97. The van der Waals surface area contributed by atoms with E-state index in [1.54, 1.807) is 13.8 Å². The Morgan fingerprint density at radius 2 is 2.29 bits per heavy atom. The Morgan fingerprint density at radius 1 is 1.65 bits per heavy atom. The second-order valence-corrected chi connectivity index (χ2v) is 3.77. The lowest BCUT2D eigenvalue weighted by Gasteiger charge is -2.20. The molecule has 0 spiro atoms. The van der Waals surface area contributed by atoms with Gasteiger partial charge < -0.3 is 9.84 Å². The van der Waals surface area contributed by atoms with Crippen molar-refractivity contribution < 1.29 is 9.84 Å². The Hall–Kier alpha value is -1.66. The van der Waals surface area contributed by atoms with Gasteiger partial charge in [0.15, 0.2) is 6.23 Å². The van der Waals surface area contributed by atoms with E-state index < -0.39 is 17.5 Å². The standard InChI is InChI=1S/C11H16N2O4/c1-7(2)10(17-5-4-14)13-6-8(3)9(15)12-11(13)16/h6,10,14H,1,4-5H2,2-3H3,(H,12,15,16). The van der Waals surface area contributed by atoms with Crippen LogP contribution in [0.5, 0.6) is 0 Å². The molecule has 6 heteroatoms. The van der Waals surface area contributed by atoms with E-state index in [0.717, 1.165) is 0 Å². The number of rotatable bonds is 5. The van der Waals surface area contributed by atoms with E-state index >= 15 is 0 Å². The molecule has 0 amide bonds. The lowest BCUT2D eigenvalue weighted by molar-refractivity contribution is 0.00567. The molecule has 94 valence electrons. The predicted molar refractivity (Wildman–Crippen MR) is 62.9 cm³/mol. The van der Waals surface area contributed by atoms with Crippen molar-refractivity contribution in [3.8, 4) is 0 Å². The first-order valence-corrected chi connectivity index (χ1v) is 5.17. The molecule has 0 aliphatic rings. The van der Waals surface area contributed by atoms with Gasteiger partial charge in [-0.25, -0.2) is 4.79 Å². The van der Waals surface area contributed by atoms with Crippen molar-refractivity contribution in [3.63, 3.8) is 0 Å². The number of aromatic amines is 1. The van der Waals surface area contributed by atoms with Crippen LogP contribution in [-0.2, 0) is 4.74 Å². The molecule has 1 rings (SSSR count). The Kier molecular flexibility index (Phi) is 4.42. The number of aryl methyl sites for hydroxylation is 1. The van der Waals surface area contributed by atoms with Gasteiger partial charge in [0.2, 0.25) is 0 Å². The fraction of sp³-hybridized carbons (Fsp3) is 0.455. The average molecular weight is 240 g/mol. The minimum absolute atomic E-state index is 0.0855. The smallest absolute Gasteiger partial charge is 0.330 e. The first kappa shape index (κ1) is 13.4. The molecule has 0 aromatic carbocycles. The topological polar surface area (TPSA) is 84.3 Å². The molecule has 6 nitrogen and oxygen atoms in total. The molecular weight excluding hydrogens is 224 g/mol. The third-order valence-corrected chi connectivity index (χ3v) is 2.19. The molecule has 0 bridgehead atoms. The van der Waals surface area contributed by atoms with E-state index in [1.165, 1.54) is 10.8 Å². The van der Waals surface area contributed by atoms with E-state index in [0.29, 0.717) is 11.1 Å². The summed E-state index contributed by atoms with van der Waals surface area (Å²) < 4.78 is 6.55. The van der Waals surface area contributed by atoms with Gasteiger partial charge in [-0.05, 0) is 19.4 Å². The summed E-state index contributed by atoms with van der Waals surface area (Å²) in [5.41, 5.74) is 0.0239. The van der Waals surface area contributed by atoms with Gasteiger partial charge in [0.25, 0.3) is 5.56 Å². The van der Waals surface area contributed by atoms with E-state index in [1.807, 2.05) is 0 Å². The second-order valence-electron chi connectivity index (χ2n) is 3.77. The molecule has 17 heavy (non-hydrogen) atoms. The highest BCUT2D eigenvalue weighted by atomic mass is 16.5. The Bertz CT molecular complexity index is 515. The number of aromatic nitrogens is 2. The fourth-order valence-corrected chi connectivity index (χ4v) is 1.38. The second kappa shape index (κ2) is 5.60.